The zero-order chi connectivity index (χ0) is 13.7. The highest BCUT2D eigenvalue weighted by molar-refractivity contribution is 5.70. The van der Waals surface area contributed by atoms with Crippen LogP contribution in [-0.2, 0) is 4.79 Å². The molecule has 0 aliphatic carbocycles. The van der Waals surface area contributed by atoms with Crippen LogP contribution in [0.2, 0.25) is 0 Å². The van der Waals surface area contributed by atoms with E-state index in [1.165, 1.54) is 6.33 Å². The second-order valence-electron chi connectivity index (χ2n) is 4.13. The Kier molecular flexibility index (Phi) is 3.97. The average molecular weight is 261 g/mol. The van der Waals surface area contributed by atoms with Gasteiger partial charge >= 0.3 is 5.97 Å². The van der Waals surface area contributed by atoms with Crippen LogP contribution in [0.15, 0.2) is 30.9 Å². The molecule has 7 heteroatoms. The summed E-state index contributed by atoms with van der Waals surface area (Å²) in [6.07, 6.45) is 5.03. The van der Waals surface area contributed by atoms with E-state index in [1.54, 1.807) is 19.2 Å². The third kappa shape index (κ3) is 3.70. The van der Waals surface area contributed by atoms with Crippen molar-refractivity contribution in [2.75, 3.05) is 17.2 Å². The van der Waals surface area contributed by atoms with Gasteiger partial charge in [0.2, 0.25) is 0 Å². The number of anilines is 3. The molecule has 2 rings (SSSR count). The molecule has 2 aromatic rings. The number of carboxylic acid groups (broad SMARTS) is 1. The van der Waals surface area contributed by atoms with E-state index < -0.39 is 11.9 Å². The smallest absolute Gasteiger partial charge is 0.308 e. The normalized spacial score (nSPS) is 11.8. The maximum Gasteiger partial charge on any atom is 0.308 e. The lowest BCUT2D eigenvalue weighted by Gasteiger charge is -2.09. The fourth-order valence-corrected chi connectivity index (χ4v) is 1.42. The maximum absolute atomic E-state index is 10.7. The van der Waals surface area contributed by atoms with Crippen LogP contribution in [0.25, 0.3) is 0 Å². The molecular formula is C12H15N5O2. The molecule has 0 bridgehead atoms. The van der Waals surface area contributed by atoms with Gasteiger partial charge in [-0.05, 0) is 6.07 Å². The molecule has 0 aliphatic rings. The van der Waals surface area contributed by atoms with Gasteiger partial charge in [0.25, 0.3) is 0 Å². The van der Waals surface area contributed by atoms with Crippen molar-refractivity contribution in [2.24, 2.45) is 5.92 Å². The number of carboxylic acids is 1. The van der Waals surface area contributed by atoms with Crippen LogP contribution >= 0.6 is 0 Å². The highest BCUT2D eigenvalue weighted by Gasteiger charge is 2.10. The van der Waals surface area contributed by atoms with Crippen LogP contribution in [0.1, 0.15) is 6.92 Å². The Morgan fingerprint density at radius 3 is 2.95 bits per heavy atom. The van der Waals surface area contributed by atoms with Crippen molar-refractivity contribution in [3.05, 3.63) is 30.9 Å². The Morgan fingerprint density at radius 1 is 1.47 bits per heavy atom. The fraction of sp³-hybridized carbons (Fsp3) is 0.250. The summed E-state index contributed by atoms with van der Waals surface area (Å²) in [5, 5.41) is 14.9. The van der Waals surface area contributed by atoms with Gasteiger partial charge in [0.1, 0.15) is 18.0 Å². The Hall–Kier alpha value is -2.57. The molecule has 2 aromatic heterocycles. The first-order chi connectivity index (χ1) is 9.15. The Balaban J connectivity index is 1.97. The number of aliphatic carboxylic acids is 1. The van der Waals surface area contributed by atoms with E-state index in [0.29, 0.717) is 18.2 Å². The van der Waals surface area contributed by atoms with Crippen LogP contribution in [-0.4, -0.2) is 32.6 Å². The standard InChI is InChI=1S/C12H15N5O2/c1-8(12(18)19)5-14-10-4-11(16-7-15-10)17-9-2-3-13-6-9/h2-4,6-8,13H,5H2,1H3,(H,18,19)(H2,14,15,16,17). The highest BCUT2D eigenvalue weighted by atomic mass is 16.4. The second-order valence-corrected chi connectivity index (χ2v) is 4.13. The summed E-state index contributed by atoms with van der Waals surface area (Å²) in [5.74, 6) is -0.0931. The number of carbonyl (C=O) groups is 1. The van der Waals surface area contributed by atoms with Gasteiger partial charge < -0.3 is 20.7 Å². The fourth-order valence-electron chi connectivity index (χ4n) is 1.42. The minimum atomic E-state index is -0.841. The van der Waals surface area contributed by atoms with Crippen molar-refractivity contribution in [3.8, 4) is 0 Å². The summed E-state index contributed by atoms with van der Waals surface area (Å²) >= 11 is 0. The monoisotopic (exact) mass is 261 g/mol. The maximum atomic E-state index is 10.7. The van der Waals surface area contributed by atoms with Crippen molar-refractivity contribution in [3.63, 3.8) is 0 Å². The lowest BCUT2D eigenvalue weighted by atomic mass is 10.2. The van der Waals surface area contributed by atoms with Crippen molar-refractivity contribution in [1.29, 1.82) is 0 Å². The molecular weight excluding hydrogens is 246 g/mol. The van der Waals surface area contributed by atoms with E-state index in [4.69, 9.17) is 5.11 Å². The summed E-state index contributed by atoms with van der Waals surface area (Å²) in [6, 6.07) is 3.60. The summed E-state index contributed by atoms with van der Waals surface area (Å²) < 4.78 is 0. The molecule has 1 atom stereocenters. The zero-order valence-corrected chi connectivity index (χ0v) is 10.4. The Bertz CT molecular complexity index is 541. The largest absolute Gasteiger partial charge is 0.481 e. The number of H-pyrrole nitrogens is 1. The molecule has 19 heavy (non-hydrogen) atoms. The van der Waals surface area contributed by atoms with Gasteiger partial charge in [-0.3, -0.25) is 4.79 Å². The molecule has 1 unspecified atom stereocenters. The second kappa shape index (κ2) is 5.85. The zero-order valence-electron chi connectivity index (χ0n) is 10.4. The van der Waals surface area contributed by atoms with Gasteiger partial charge in [-0.15, -0.1) is 0 Å². The first-order valence-electron chi connectivity index (χ1n) is 5.83. The van der Waals surface area contributed by atoms with Crippen molar-refractivity contribution in [1.82, 2.24) is 15.0 Å². The van der Waals surface area contributed by atoms with E-state index in [9.17, 15) is 4.79 Å². The van der Waals surface area contributed by atoms with Gasteiger partial charge in [0.05, 0.1) is 11.6 Å². The topological polar surface area (TPSA) is 103 Å². The predicted octanol–water partition coefficient (Wildman–Crippen LogP) is 1.68. The van der Waals surface area contributed by atoms with Crippen LogP contribution in [0.4, 0.5) is 17.3 Å². The predicted molar refractivity (Wildman–Crippen MR) is 71.4 cm³/mol. The first-order valence-corrected chi connectivity index (χ1v) is 5.83. The number of hydrogen-bond acceptors (Lipinski definition) is 5. The molecule has 0 fully saturated rings. The third-order valence-electron chi connectivity index (χ3n) is 2.55. The molecule has 2 heterocycles. The van der Waals surface area contributed by atoms with E-state index in [-0.39, 0.29) is 0 Å². The molecule has 0 radical (unpaired) electrons. The molecule has 100 valence electrons. The minimum Gasteiger partial charge on any atom is -0.481 e. The summed E-state index contributed by atoms with van der Waals surface area (Å²) in [6.45, 7) is 1.95. The van der Waals surface area contributed by atoms with Gasteiger partial charge in [-0.1, -0.05) is 6.92 Å². The number of aromatic amines is 1. The van der Waals surface area contributed by atoms with E-state index in [0.717, 1.165) is 5.69 Å². The average Bonchev–Trinajstić information content (AvgIpc) is 2.89. The van der Waals surface area contributed by atoms with E-state index >= 15 is 0 Å². The number of aromatic nitrogens is 3. The van der Waals surface area contributed by atoms with Crippen molar-refractivity contribution >= 4 is 23.3 Å². The Labute approximate surface area is 110 Å². The number of hydrogen-bond donors (Lipinski definition) is 4. The van der Waals surface area contributed by atoms with Gasteiger partial charge in [0, 0.05) is 25.0 Å². The van der Waals surface area contributed by atoms with Crippen LogP contribution in [0, 0.1) is 5.92 Å². The van der Waals surface area contributed by atoms with Gasteiger partial charge in [-0.25, -0.2) is 9.97 Å². The molecule has 0 saturated carbocycles. The minimum absolute atomic E-state index is 0.315. The van der Waals surface area contributed by atoms with Crippen LogP contribution in [0.3, 0.4) is 0 Å². The Morgan fingerprint density at radius 2 is 2.26 bits per heavy atom. The van der Waals surface area contributed by atoms with Crippen molar-refractivity contribution in [2.45, 2.75) is 6.92 Å². The summed E-state index contributed by atoms with van der Waals surface area (Å²) in [7, 11) is 0. The van der Waals surface area contributed by atoms with E-state index in [2.05, 4.69) is 25.6 Å². The van der Waals surface area contributed by atoms with Gasteiger partial charge in [0.15, 0.2) is 0 Å². The quantitative estimate of drug-likeness (QED) is 0.631. The first kappa shape index (κ1) is 12.9. The molecule has 4 N–H and O–H groups in total. The lowest BCUT2D eigenvalue weighted by Crippen LogP contribution is -2.20. The van der Waals surface area contributed by atoms with E-state index in [1.807, 2.05) is 12.3 Å². The summed E-state index contributed by atoms with van der Waals surface area (Å²) in [4.78, 5) is 21.8. The lowest BCUT2D eigenvalue weighted by molar-refractivity contribution is -0.140. The summed E-state index contributed by atoms with van der Waals surface area (Å²) in [5.41, 5.74) is 0.892. The molecule has 0 saturated heterocycles. The number of rotatable bonds is 6. The molecule has 0 aromatic carbocycles. The van der Waals surface area contributed by atoms with Crippen LogP contribution < -0.4 is 10.6 Å². The van der Waals surface area contributed by atoms with Crippen molar-refractivity contribution < 1.29 is 9.90 Å². The molecule has 0 spiro atoms. The number of nitrogens with zero attached hydrogens (tertiary/aromatic N) is 2. The SMILES string of the molecule is CC(CNc1cc(Nc2cc[nH]c2)ncn1)C(=O)O. The van der Waals surface area contributed by atoms with Gasteiger partial charge in [-0.2, -0.15) is 0 Å². The number of nitrogens with one attached hydrogen (secondary N) is 3. The third-order valence-corrected chi connectivity index (χ3v) is 2.55. The van der Waals surface area contributed by atoms with Crippen LogP contribution in [0.5, 0.6) is 0 Å². The highest BCUT2D eigenvalue weighted by Crippen LogP contribution is 2.15. The molecule has 0 aliphatic heterocycles. The molecule has 0 amide bonds. The molecule has 7 nitrogen and oxygen atoms in total.